The number of carbonyl (C=O) groups is 1. The van der Waals surface area contributed by atoms with Gasteiger partial charge >= 0.3 is 0 Å². The van der Waals surface area contributed by atoms with Gasteiger partial charge in [0.05, 0.1) is 19.2 Å². The molecule has 1 atom stereocenters. The van der Waals surface area contributed by atoms with Crippen molar-refractivity contribution in [1.29, 1.82) is 0 Å². The zero-order valence-electron chi connectivity index (χ0n) is 19.3. The molecule has 0 spiro atoms. The van der Waals surface area contributed by atoms with Crippen molar-refractivity contribution in [2.45, 2.75) is 40.7 Å². The van der Waals surface area contributed by atoms with Crippen molar-refractivity contribution in [2.24, 2.45) is 10.9 Å². The summed E-state index contributed by atoms with van der Waals surface area (Å²) in [5, 5.41) is 6.82. The molecule has 2 rings (SSSR count). The standard InChI is InChI=1S/C23H39N5O2/c1-6-24-23(25-11-12-27-13-15-28(16-14-27)20(5)29)26-19(4)21-7-9-22(10-8-21)30-17-18(2)3/h7-10,18-19H,6,11-17H2,1-5H3,(H2,24,25,26). The first kappa shape index (κ1) is 24.0. The van der Waals surface area contributed by atoms with Crippen molar-refractivity contribution in [3.05, 3.63) is 29.8 Å². The summed E-state index contributed by atoms with van der Waals surface area (Å²) in [7, 11) is 0. The molecule has 1 unspecified atom stereocenters. The third kappa shape index (κ3) is 8.22. The minimum atomic E-state index is 0.140. The number of rotatable bonds is 9. The van der Waals surface area contributed by atoms with E-state index in [1.165, 1.54) is 5.56 Å². The third-order valence-electron chi connectivity index (χ3n) is 5.16. The van der Waals surface area contributed by atoms with E-state index in [4.69, 9.17) is 9.73 Å². The Labute approximate surface area is 181 Å². The van der Waals surface area contributed by atoms with Gasteiger partial charge in [0.2, 0.25) is 5.91 Å². The molecule has 30 heavy (non-hydrogen) atoms. The Kier molecular flexibility index (Phi) is 9.94. The van der Waals surface area contributed by atoms with Crippen LogP contribution >= 0.6 is 0 Å². The predicted molar refractivity (Wildman–Crippen MR) is 123 cm³/mol. The number of guanidine groups is 1. The number of aliphatic imine (C=N–C) groups is 1. The van der Waals surface area contributed by atoms with Crippen LogP contribution in [0.4, 0.5) is 0 Å². The number of benzene rings is 1. The number of hydrogen-bond donors (Lipinski definition) is 2. The summed E-state index contributed by atoms with van der Waals surface area (Å²) in [6.45, 7) is 16.8. The highest BCUT2D eigenvalue weighted by atomic mass is 16.5. The van der Waals surface area contributed by atoms with E-state index in [-0.39, 0.29) is 11.9 Å². The second-order valence-corrected chi connectivity index (χ2v) is 8.25. The quantitative estimate of drug-likeness (QED) is 0.477. The molecular formula is C23H39N5O2. The molecule has 0 aliphatic carbocycles. The smallest absolute Gasteiger partial charge is 0.219 e. The lowest BCUT2D eigenvalue weighted by molar-refractivity contribution is -0.130. The topological polar surface area (TPSA) is 69.2 Å². The van der Waals surface area contributed by atoms with Crippen LogP contribution < -0.4 is 15.4 Å². The van der Waals surface area contributed by atoms with E-state index < -0.39 is 0 Å². The van der Waals surface area contributed by atoms with E-state index in [0.29, 0.717) is 5.92 Å². The Morgan fingerprint density at radius 1 is 1.13 bits per heavy atom. The molecule has 7 nitrogen and oxygen atoms in total. The molecule has 1 aromatic carbocycles. The first-order valence-electron chi connectivity index (χ1n) is 11.1. The lowest BCUT2D eigenvalue weighted by Crippen LogP contribution is -2.48. The van der Waals surface area contributed by atoms with E-state index in [1.54, 1.807) is 6.92 Å². The van der Waals surface area contributed by atoms with Crippen LogP contribution in [0.25, 0.3) is 0 Å². The number of carbonyl (C=O) groups excluding carboxylic acids is 1. The largest absolute Gasteiger partial charge is 0.493 e. The Morgan fingerprint density at radius 3 is 2.37 bits per heavy atom. The summed E-state index contributed by atoms with van der Waals surface area (Å²) in [5.74, 6) is 2.42. The second kappa shape index (κ2) is 12.4. The van der Waals surface area contributed by atoms with Crippen molar-refractivity contribution in [3.8, 4) is 5.75 Å². The molecule has 0 bridgehead atoms. The number of amides is 1. The van der Waals surface area contributed by atoms with Crippen molar-refractivity contribution >= 4 is 11.9 Å². The zero-order valence-corrected chi connectivity index (χ0v) is 19.3. The van der Waals surface area contributed by atoms with Gasteiger partial charge < -0.3 is 20.3 Å². The van der Waals surface area contributed by atoms with Gasteiger partial charge in [-0.3, -0.25) is 14.7 Å². The van der Waals surface area contributed by atoms with Gasteiger partial charge in [0.25, 0.3) is 0 Å². The second-order valence-electron chi connectivity index (χ2n) is 8.25. The molecule has 1 amide bonds. The number of ether oxygens (including phenoxy) is 1. The van der Waals surface area contributed by atoms with Crippen molar-refractivity contribution in [3.63, 3.8) is 0 Å². The molecule has 1 fully saturated rings. The minimum Gasteiger partial charge on any atom is -0.493 e. The molecule has 2 N–H and O–H groups in total. The monoisotopic (exact) mass is 417 g/mol. The number of piperazine rings is 1. The zero-order chi connectivity index (χ0) is 21.9. The van der Waals surface area contributed by atoms with Gasteiger partial charge in [-0.2, -0.15) is 0 Å². The van der Waals surface area contributed by atoms with Gasteiger partial charge in [-0.15, -0.1) is 0 Å². The van der Waals surface area contributed by atoms with E-state index in [0.717, 1.165) is 64.1 Å². The van der Waals surface area contributed by atoms with E-state index in [1.807, 2.05) is 17.0 Å². The van der Waals surface area contributed by atoms with Crippen molar-refractivity contribution < 1.29 is 9.53 Å². The molecule has 1 aliphatic heterocycles. The van der Waals surface area contributed by atoms with Gasteiger partial charge in [-0.1, -0.05) is 26.0 Å². The molecule has 168 valence electrons. The van der Waals surface area contributed by atoms with Crippen molar-refractivity contribution in [1.82, 2.24) is 20.4 Å². The van der Waals surface area contributed by atoms with Gasteiger partial charge in [-0.05, 0) is 37.5 Å². The van der Waals surface area contributed by atoms with E-state index >= 15 is 0 Å². The summed E-state index contributed by atoms with van der Waals surface area (Å²) in [6.07, 6.45) is 0. The molecule has 1 aromatic rings. The Balaban J connectivity index is 1.83. The number of nitrogens with zero attached hydrogens (tertiary/aromatic N) is 3. The maximum atomic E-state index is 11.4. The van der Waals surface area contributed by atoms with E-state index in [9.17, 15) is 4.79 Å². The van der Waals surface area contributed by atoms with Crippen LogP contribution in [0.2, 0.25) is 0 Å². The van der Waals surface area contributed by atoms with Crippen LogP contribution in [0.3, 0.4) is 0 Å². The summed E-state index contributed by atoms with van der Waals surface area (Å²) in [4.78, 5) is 20.5. The fourth-order valence-corrected chi connectivity index (χ4v) is 3.31. The molecule has 7 heteroatoms. The van der Waals surface area contributed by atoms with Crippen molar-refractivity contribution in [2.75, 3.05) is 52.4 Å². The van der Waals surface area contributed by atoms with Gasteiger partial charge in [0, 0.05) is 46.2 Å². The molecular weight excluding hydrogens is 378 g/mol. The van der Waals surface area contributed by atoms with Crippen LogP contribution in [0, 0.1) is 5.92 Å². The summed E-state index contributed by atoms with van der Waals surface area (Å²) >= 11 is 0. The fourth-order valence-electron chi connectivity index (χ4n) is 3.31. The first-order valence-corrected chi connectivity index (χ1v) is 11.1. The lowest BCUT2D eigenvalue weighted by atomic mass is 10.1. The highest BCUT2D eigenvalue weighted by Gasteiger charge is 2.18. The van der Waals surface area contributed by atoms with Gasteiger partial charge in [0.15, 0.2) is 5.96 Å². The highest BCUT2D eigenvalue weighted by molar-refractivity contribution is 5.80. The molecule has 1 aliphatic rings. The third-order valence-corrected chi connectivity index (χ3v) is 5.16. The summed E-state index contributed by atoms with van der Waals surface area (Å²) in [5.41, 5.74) is 1.19. The predicted octanol–water partition coefficient (Wildman–Crippen LogP) is 2.50. The molecule has 0 radical (unpaired) electrons. The highest BCUT2D eigenvalue weighted by Crippen LogP contribution is 2.18. The molecule has 1 heterocycles. The Bertz CT molecular complexity index is 667. The molecule has 0 saturated carbocycles. The fraction of sp³-hybridized carbons (Fsp3) is 0.652. The van der Waals surface area contributed by atoms with Crippen LogP contribution in [0.5, 0.6) is 5.75 Å². The normalized spacial score (nSPS) is 16.5. The van der Waals surface area contributed by atoms with Crippen LogP contribution in [-0.2, 0) is 4.79 Å². The minimum absolute atomic E-state index is 0.140. The SMILES string of the molecule is CCNC(=NCCN1CCN(C(C)=O)CC1)NC(C)c1ccc(OCC(C)C)cc1. The summed E-state index contributed by atoms with van der Waals surface area (Å²) < 4.78 is 5.77. The first-order chi connectivity index (χ1) is 14.4. The Morgan fingerprint density at radius 2 is 1.80 bits per heavy atom. The lowest BCUT2D eigenvalue weighted by Gasteiger charge is -2.33. The number of hydrogen-bond acceptors (Lipinski definition) is 4. The average molecular weight is 418 g/mol. The maximum absolute atomic E-state index is 11.4. The summed E-state index contributed by atoms with van der Waals surface area (Å²) in [6, 6.07) is 8.40. The number of nitrogens with one attached hydrogen (secondary N) is 2. The Hall–Kier alpha value is -2.28. The van der Waals surface area contributed by atoms with Gasteiger partial charge in [0.1, 0.15) is 5.75 Å². The van der Waals surface area contributed by atoms with Crippen LogP contribution in [0.15, 0.2) is 29.3 Å². The average Bonchev–Trinajstić information content (AvgIpc) is 2.73. The van der Waals surface area contributed by atoms with Crippen LogP contribution in [-0.4, -0.2) is 74.1 Å². The van der Waals surface area contributed by atoms with Gasteiger partial charge in [-0.25, -0.2) is 0 Å². The maximum Gasteiger partial charge on any atom is 0.219 e. The van der Waals surface area contributed by atoms with Crippen LogP contribution in [0.1, 0.15) is 46.2 Å². The molecule has 0 aromatic heterocycles. The molecule has 1 saturated heterocycles. The van der Waals surface area contributed by atoms with E-state index in [2.05, 4.69) is 55.4 Å².